The molecule has 0 radical (unpaired) electrons. The van der Waals surface area contributed by atoms with E-state index in [0.717, 1.165) is 0 Å². The standard InChI is InChI=1S/C18H22N4O5S/c1-12-10-14(21-13(2)23)4-5-16(12)28(24,25)22-9-6-15(11-22)27-18-17(26-3)19-7-8-20-18/h4-5,7-8,10,15H,6,9,11H2,1-3H3,(H,21,23). The summed E-state index contributed by atoms with van der Waals surface area (Å²) in [5.74, 6) is 0.285. The minimum absolute atomic E-state index is 0.203. The van der Waals surface area contributed by atoms with Crippen molar-refractivity contribution in [2.45, 2.75) is 31.3 Å². The first-order valence-electron chi connectivity index (χ1n) is 8.71. The van der Waals surface area contributed by atoms with E-state index >= 15 is 0 Å². The van der Waals surface area contributed by atoms with Gasteiger partial charge in [-0.3, -0.25) is 4.79 Å². The van der Waals surface area contributed by atoms with Crippen molar-refractivity contribution in [1.29, 1.82) is 0 Å². The summed E-state index contributed by atoms with van der Waals surface area (Å²) in [5, 5.41) is 2.65. The van der Waals surface area contributed by atoms with Crippen LogP contribution < -0.4 is 14.8 Å². The predicted octanol–water partition coefficient (Wildman–Crippen LogP) is 1.59. The summed E-state index contributed by atoms with van der Waals surface area (Å²) >= 11 is 0. The maximum atomic E-state index is 13.0. The van der Waals surface area contributed by atoms with E-state index in [9.17, 15) is 13.2 Å². The molecule has 1 aliphatic heterocycles. The number of nitrogens with zero attached hydrogens (tertiary/aromatic N) is 3. The predicted molar refractivity (Wildman–Crippen MR) is 102 cm³/mol. The third-order valence-electron chi connectivity index (χ3n) is 4.33. The number of hydrogen-bond donors (Lipinski definition) is 1. The largest absolute Gasteiger partial charge is 0.477 e. The van der Waals surface area contributed by atoms with Gasteiger partial charge in [0.2, 0.25) is 15.9 Å². The Morgan fingerprint density at radius 3 is 2.61 bits per heavy atom. The minimum Gasteiger partial charge on any atom is -0.477 e. The van der Waals surface area contributed by atoms with Crippen LogP contribution in [0.4, 0.5) is 5.69 Å². The summed E-state index contributed by atoms with van der Waals surface area (Å²) in [6.07, 6.45) is 3.16. The van der Waals surface area contributed by atoms with Crippen molar-refractivity contribution in [1.82, 2.24) is 14.3 Å². The Morgan fingerprint density at radius 1 is 1.25 bits per heavy atom. The van der Waals surface area contributed by atoms with Crippen molar-refractivity contribution in [3.8, 4) is 11.8 Å². The fourth-order valence-electron chi connectivity index (χ4n) is 3.06. The number of sulfonamides is 1. The smallest absolute Gasteiger partial charge is 0.278 e. The summed E-state index contributed by atoms with van der Waals surface area (Å²) in [7, 11) is -2.21. The fourth-order valence-corrected chi connectivity index (χ4v) is 4.75. The molecule has 1 N–H and O–H groups in total. The molecule has 0 spiro atoms. The number of anilines is 1. The molecule has 9 nitrogen and oxygen atoms in total. The molecule has 1 unspecified atom stereocenters. The molecule has 150 valence electrons. The number of aromatic nitrogens is 2. The van der Waals surface area contributed by atoms with Gasteiger partial charge in [0.15, 0.2) is 0 Å². The molecule has 1 amide bonds. The second kappa shape index (κ2) is 8.11. The van der Waals surface area contributed by atoms with Crippen LogP contribution in [-0.4, -0.2) is 54.9 Å². The number of hydrogen-bond acceptors (Lipinski definition) is 7. The van der Waals surface area contributed by atoms with Gasteiger partial charge in [-0.25, -0.2) is 18.4 Å². The molecule has 0 bridgehead atoms. The van der Waals surface area contributed by atoms with Gasteiger partial charge in [0.05, 0.1) is 18.6 Å². The maximum absolute atomic E-state index is 13.0. The van der Waals surface area contributed by atoms with Crippen LogP contribution in [-0.2, 0) is 14.8 Å². The summed E-state index contributed by atoms with van der Waals surface area (Å²) in [5.41, 5.74) is 1.12. The van der Waals surface area contributed by atoms with E-state index in [2.05, 4.69) is 15.3 Å². The van der Waals surface area contributed by atoms with Gasteiger partial charge in [-0.2, -0.15) is 4.31 Å². The number of amides is 1. The van der Waals surface area contributed by atoms with Crippen LogP contribution in [0, 0.1) is 6.92 Å². The van der Waals surface area contributed by atoms with Gasteiger partial charge in [0.25, 0.3) is 11.8 Å². The first-order chi connectivity index (χ1) is 13.3. The van der Waals surface area contributed by atoms with Gasteiger partial charge in [-0.05, 0) is 37.1 Å². The molecular weight excluding hydrogens is 384 g/mol. The third kappa shape index (κ3) is 4.23. The van der Waals surface area contributed by atoms with Crippen LogP contribution >= 0.6 is 0 Å². The third-order valence-corrected chi connectivity index (χ3v) is 6.35. The molecular formula is C18H22N4O5S. The number of ether oxygens (including phenoxy) is 2. The summed E-state index contributed by atoms with van der Waals surface area (Å²) in [6, 6.07) is 4.73. The van der Waals surface area contributed by atoms with E-state index in [-0.39, 0.29) is 35.2 Å². The molecule has 1 atom stereocenters. The number of benzene rings is 1. The normalized spacial score (nSPS) is 17.3. The van der Waals surface area contributed by atoms with E-state index in [1.807, 2.05) is 0 Å². The van der Waals surface area contributed by atoms with Crippen molar-refractivity contribution < 1.29 is 22.7 Å². The average molecular weight is 406 g/mol. The zero-order valence-electron chi connectivity index (χ0n) is 15.9. The Kier molecular flexibility index (Phi) is 5.80. The number of rotatable bonds is 6. The van der Waals surface area contributed by atoms with E-state index in [1.54, 1.807) is 19.1 Å². The van der Waals surface area contributed by atoms with Gasteiger partial charge in [0.1, 0.15) is 6.10 Å². The Balaban J connectivity index is 1.74. The van der Waals surface area contributed by atoms with Gasteiger partial charge < -0.3 is 14.8 Å². The van der Waals surface area contributed by atoms with Gasteiger partial charge in [-0.1, -0.05) is 0 Å². The Labute approximate surface area is 163 Å². The Hall–Kier alpha value is -2.72. The van der Waals surface area contributed by atoms with E-state index in [4.69, 9.17) is 9.47 Å². The van der Waals surface area contributed by atoms with Gasteiger partial charge in [0, 0.05) is 31.5 Å². The first-order valence-corrected chi connectivity index (χ1v) is 10.2. The lowest BCUT2D eigenvalue weighted by atomic mass is 10.2. The number of carbonyl (C=O) groups excluding carboxylic acids is 1. The molecule has 28 heavy (non-hydrogen) atoms. The Bertz CT molecular complexity index is 980. The van der Waals surface area contributed by atoms with Crippen LogP contribution in [0.5, 0.6) is 11.8 Å². The molecule has 0 saturated carbocycles. The lowest BCUT2D eigenvalue weighted by Gasteiger charge is -2.19. The van der Waals surface area contributed by atoms with E-state index in [0.29, 0.717) is 24.2 Å². The SMILES string of the molecule is COc1nccnc1OC1CCN(S(=O)(=O)c2ccc(NC(C)=O)cc2C)C1. The van der Waals surface area contributed by atoms with Crippen LogP contribution in [0.15, 0.2) is 35.5 Å². The summed E-state index contributed by atoms with van der Waals surface area (Å²) < 4.78 is 38.4. The minimum atomic E-state index is -3.68. The molecule has 2 heterocycles. The second-order valence-electron chi connectivity index (χ2n) is 6.42. The molecule has 1 aromatic carbocycles. The molecule has 1 aromatic heterocycles. The summed E-state index contributed by atoms with van der Waals surface area (Å²) in [6.45, 7) is 3.64. The number of aryl methyl sites for hydroxylation is 1. The molecule has 0 aliphatic carbocycles. The number of nitrogens with one attached hydrogen (secondary N) is 1. The zero-order valence-corrected chi connectivity index (χ0v) is 16.7. The van der Waals surface area contributed by atoms with Crippen molar-refractivity contribution in [3.05, 3.63) is 36.2 Å². The number of methoxy groups -OCH3 is 1. The highest BCUT2D eigenvalue weighted by Gasteiger charge is 2.35. The highest BCUT2D eigenvalue weighted by molar-refractivity contribution is 7.89. The van der Waals surface area contributed by atoms with Crippen LogP contribution in [0.1, 0.15) is 18.9 Å². The molecule has 2 aromatic rings. The Morgan fingerprint density at radius 2 is 1.96 bits per heavy atom. The number of carbonyl (C=O) groups is 1. The molecule has 1 saturated heterocycles. The first kappa shape index (κ1) is 20.0. The van der Waals surface area contributed by atoms with Crippen molar-refractivity contribution in [2.75, 3.05) is 25.5 Å². The van der Waals surface area contributed by atoms with E-state index < -0.39 is 10.0 Å². The lowest BCUT2D eigenvalue weighted by Crippen LogP contribution is -2.31. The monoisotopic (exact) mass is 406 g/mol. The summed E-state index contributed by atoms with van der Waals surface area (Å²) in [4.78, 5) is 19.5. The van der Waals surface area contributed by atoms with E-state index in [1.165, 1.54) is 36.8 Å². The highest BCUT2D eigenvalue weighted by atomic mass is 32.2. The average Bonchev–Trinajstić information content (AvgIpc) is 3.11. The molecule has 1 aliphatic rings. The molecule has 10 heteroatoms. The zero-order chi connectivity index (χ0) is 20.3. The fraction of sp³-hybridized carbons (Fsp3) is 0.389. The van der Waals surface area contributed by atoms with Crippen molar-refractivity contribution >= 4 is 21.6 Å². The quantitative estimate of drug-likeness (QED) is 0.775. The van der Waals surface area contributed by atoms with Crippen molar-refractivity contribution in [3.63, 3.8) is 0 Å². The molecule has 3 rings (SSSR count). The topological polar surface area (TPSA) is 111 Å². The van der Waals surface area contributed by atoms with Crippen LogP contribution in [0.25, 0.3) is 0 Å². The van der Waals surface area contributed by atoms with Crippen LogP contribution in [0.2, 0.25) is 0 Å². The molecule has 1 fully saturated rings. The van der Waals surface area contributed by atoms with Gasteiger partial charge >= 0.3 is 0 Å². The lowest BCUT2D eigenvalue weighted by molar-refractivity contribution is -0.114. The second-order valence-corrected chi connectivity index (χ2v) is 8.33. The maximum Gasteiger partial charge on any atom is 0.278 e. The highest BCUT2D eigenvalue weighted by Crippen LogP contribution is 2.28. The van der Waals surface area contributed by atoms with Gasteiger partial charge in [-0.15, -0.1) is 0 Å². The van der Waals surface area contributed by atoms with Crippen LogP contribution in [0.3, 0.4) is 0 Å². The van der Waals surface area contributed by atoms with Crippen molar-refractivity contribution in [2.24, 2.45) is 0 Å².